The summed E-state index contributed by atoms with van der Waals surface area (Å²) in [5.74, 6) is 0.185. The molecule has 1 spiro atoms. The Morgan fingerprint density at radius 3 is 2.68 bits per heavy atom. The third-order valence-electron chi connectivity index (χ3n) is 6.35. The van der Waals surface area contributed by atoms with E-state index in [9.17, 15) is 4.79 Å². The third-order valence-corrected chi connectivity index (χ3v) is 6.35. The fourth-order valence-electron chi connectivity index (χ4n) is 4.77. The summed E-state index contributed by atoms with van der Waals surface area (Å²) in [7, 11) is 0. The number of pyridine rings is 1. The summed E-state index contributed by atoms with van der Waals surface area (Å²) in [5.41, 5.74) is 4.45. The minimum Gasteiger partial charge on any atom is -0.350 e. The van der Waals surface area contributed by atoms with E-state index in [-0.39, 0.29) is 17.4 Å². The Morgan fingerprint density at radius 1 is 1.11 bits per heavy atom. The number of benzene rings is 1. The monoisotopic (exact) mass is 374 g/mol. The van der Waals surface area contributed by atoms with Gasteiger partial charge in [-0.25, -0.2) is 4.98 Å². The van der Waals surface area contributed by atoms with Crippen LogP contribution >= 0.6 is 0 Å². The lowest BCUT2D eigenvalue weighted by atomic mass is 9.82. The molecule has 2 saturated heterocycles. The van der Waals surface area contributed by atoms with Crippen molar-refractivity contribution in [2.24, 2.45) is 0 Å². The number of aryl methyl sites for hydroxylation is 1. The van der Waals surface area contributed by atoms with Crippen molar-refractivity contribution in [2.45, 2.75) is 44.2 Å². The fourth-order valence-corrected chi connectivity index (χ4v) is 4.77. The van der Waals surface area contributed by atoms with Crippen molar-refractivity contribution in [2.75, 3.05) is 13.1 Å². The lowest BCUT2D eigenvalue weighted by Gasteiger charge is -2.39. The van der Waals surface area contributed by atoms with Gasteiger partial charge in [-0.05, 0) is 43.4 Å². The molecule has 28 heavy (non-hydrogen) atoms. The molecule has 2 fully saturated rings. The largest absolute Gasteiger partial charge is 0.350 e. The number of carbonyl (C=O) groups excluding carboxylic acids is 1. The highest BCUT2D eigenvalue weighted by Gasteiger charge is 2.46. The Morgan fingerprint density at radius 2 is 1.89 bits per heavy atom. The number of carbonyl (C=O) groups is 1. The van der Waals surface area contributed by atoms with E-state index in [1.54, 1.807) is 0 Å². The predicted octanol–water partition coefficient (Wildman–Crippen LogP) is 3.28. The van der Waals surface area contributed by atoms with Gasteiger partial charge in [0.2, 0.25) is 5.91 Å². The van der Waals surface area contributed by atoms with Crippen molar-refractivity contribution in [3.63, 3.8) is 0 Å². The van der Waals surface area contributed by atoms with E-state index in [0.717, 1.165) is 55.8 Å². The summed E-state index contributed by atoms with van der Waals surface area (Å²) in [6, 6.07) is 14.4. The van der Waals surface area contributed by atoms with Gasteiger partial charge in [0.1, 0.15) is 5.65 Å². The van der Waals surface area contributed by atoms with Crippen LogP contribution in [0.25, 0.3) is 5.65 Å². The summed E-state index contributed by atoms with van der Waals surface area (Å²) in [5, 5.41) is 3.34. The lowest BCUT2D eigenvalue weighted by molar-refractivity contribution is -0.121. The number of imidazole rings is 1. The first-order valence-electron chi connectivity index (χ1n) is 10.1. The van der Waals surface area contributed by atoms with Gasteiger partial charge in [0.15, 0.2) is 0 Å². The number of amides is 1. The van der Waals surface area contributed by atoms with Gasteiger partial charge in [-0.2, -0.15) is 0 Å². The van der Waals surface area contributed by atoms with Crippen LogP contribution in [0.2, 0.25) is 0 Å². The summed E-state index contributed by atoms with van der Waals surface area (Å²) >= 11 is 0. The topological polar surface area (TPSA) is 49.6 Å². The molecule has 1 atom stereocenters. The molecule has 5 rings (SSSR count). The number of fused-ring (bicyclic) bond motifs is 1. The minimum absolute atomic E-state index is 0.00516. The zero-order chi connectivity index (χ0) is 19.1. The molecule has 0 aliphatic carbocycles. The highest BCUT2D eigenvalue weighted by molar-refractivity contribution is 5.87. The maximum absolute atomic E-state index is 12.6. The van der Waals surface area contributed by atoms with Crippen LogP contribution in [0.5, 0.6) is 0 Å². The average Bonchev–Trinajstić information content (AvgIpc) is 3.24. The average molecular weight is 374 g/mol. The van der Waals surface area contributed by atoms with Crippen LogP contribution in [0.3, 0.4) is 0 Å². The van der Waals surface area contributed by atoms with E-state index in [4.69, 9.17) is 4.98 Å². The molecule has 2 aliphatic rings. The smallest absolute Gasteiger partial charge is 0.228 e. The molecule has 1 aromatic carbocycles. The van der Waals surface area contributed by atoms with Gasteiger partial charge in [0.25, 0.3) is 0 Å². The fraction of sp³-hybridized carbons (Fsp3) is 0.391. The Labute approximate surface area is 165 Å². The Bertz CT molecular complexity index is 1000. The molecular formula is C23H26N4O. The highest BCUT2D eigenvalue weighted by Crippen LogP contribution is 2.39. The molecule has 1 unspecified atom stereocenters. The van der Waals surface area contributed by atoms with Gasteiger partial charge in [0.05, 0.1) is 11.6 Å². The lowest BCUT2D eigenvalue weighted by Crippen LogP contribution is -2.50. The van der Waals surface area contributed by atoms with Crippen molar-refractivity contribution in [1.29, 1.82) is 0 Å². The second-order valence-electron chi connectivity index (χ2n) is 8.42. The van der Waals surface area contributed by atoms with Crippen molar-refractivity contribution in [3.8, 4) is 0 Å². The van der Waals surface area contributed by atoms with E-state index in [1.165, 1.54) is 5.56 Å². The molecule has 5 heteroatoms. The number of rotatable bonds is 3. The molecule has 3 aromatic rings. The van der Waals surface area contributed by atoms with Crippen molar-refractivity contribution >= 4 is 11.6 Å². The van der Waals surface area contributed by atoms with E-state index < -0.39 is 0 Å². The van der Waals surface area contributed by atoms with E-state index in [1.807, 2.05) is 18.2 Å². The minimum atomic E-state index is -0.0376. The van der Waals surface area contributed by atoms with Crippen LogP contribution in [0.15, 0.2) is 54.9 Å². The van der Waals surface area contributed by atoms with Crippen LogP contribution in [-0.2, 0) is 11.3 Å². The molecule has 2 aliphatic heterocycles. The quantitative estimate of drug-likeness (QED) is 0.765. The predicted molar refractivity (Wildman–Crippen MR) is 109 cm³/mol. The first kappa shape index (κ1) is 17.4. The third kappa shape index (κ3) is 3.20. The van der Waals surface area contributed by atoms with Crippen LogP contribution in [-0.4, -0.2) is 38.8 Å². The van der Waals surface area contributed by atoms with Gasteiger partial charge >= 0.3 is 0 Å². The number of nitrogens with zero attached hydrogens (tertiary/aromatic N) is 3. The molecule has 144 valence electrons. The zero-order valence-corrected chi connectivity index (χ0v) is 16.3. The Balaban J connectivity index is 1.24. The maximum atomic E-state index is 12.6. The van der Waals surface area contributed by atoms with Crippen molar-refractivity contribution < 1.29 is 4.79 Å². The molecule has 2 aromatic heterocycles. The van der Waals surface area contributed by atoms with Gasteiger partial charge in [-0.15, -0.1) is 0 Å². The highest BCUT2D eigenvalue weighted by atomic mass is 16.2. The molecular weight excluding hydrogens is 348 g/mol. The second-order valence-corrected chi connectivity index (χ2v) is 8.42. The maximum Gasteiger partial charge on any atom is 0.228 e. The van der Waals surface area contributed by atoms with Gasteiger partial charge in [-0.3, -0.25) is 9.69 Å². The first-order chi connectivity index (χ1) is 13.6. The number of aromatic nitrogens is 2. The normalized spacial score (nSPS) is 22.0. The van der Waals surface area contributed by atoms with E-state index in [0.29, 0.717) is 0 Å². The second kappa shape index (κ2) is 6.74. The van der Waals surface area contributed by atoms with E-state index >= 15 is 0 Å². The van der Waals surface area contributed by atoms with Crippen molar-refractivity contribution in [3.05, 3.63) is 71.7 Å². The van der Waals surface area contributed by atoms with Crippen molar-refractivity contribution in [1.82, 2.24) is 19.6 Å². The standard InChI is InChI=1S/C23H26N4O/c1-17-7-8-21-24-19(16-27(21)14-17)15-26-11-9-23(10-12-26)13-20(22(28)25-23)18-5-3-2-4-6-18/h2-8,14,16,20H,9-13,15H2,1H3,(H,25,28). The molecule has 0 saturated carbocycles. The molecule has 0 bridgehead atoms. The van der Waals surface area contributed by atoms with Crippen LogP contribution in [0, 0.1) is 6.92 Å². The molecule has 0 radical (unpaired) electrons. The van der Waals surface area contributed by atoms with Crippen LogP contribution in [0.4, 0.5) is 0 Å². The molecule has 1 amide bonds. The Kier molecular flexibility index (Phi) is 4.20. The SMILES string of the molecule is Cc1ccc2nc(CN3CCC4(CC3)CC(c3ccccc3)C(=O)N4)cn2c1. The summed E-state index contributed by atoms with van der Waals surface area (Å²) in [6.07, 6.45) is 7.19. The van der Waals surface area contributed by atoms with Crippen LogP contribution in [0.1, 0.15) is 42.0 Å². The van der Waals surface area contributed by atoms with Gasteiger partial charge in [0, 0.05) is 37.6 Å². The molecule has 4 heterocycles. The number of hydrogen-bond donors (Lipinski definition) is 1. The summed E-state index contributed by atoms with van der Waals surface area (Å²) in [6.45, 7) is 4.96. The Hall–Kier alpha value is -2.66. The number of likely N-dealkylation sites (tertiary alicyclic amines) is 1. The van der Waals surface area contributed by atoms with Gasteiger partial charge in [-0.1, -0.05) is 36.4 Å². The summed E-state index contributed by atoms with van der Waals surface area (Å²) in [4.78, 5) is 19.8. The van der Waals surface area contributed by atoms with Crippen LogP contribution < -0.4 is 5.32 Å². The first-order valence-corrected chi connectivity index (χ1v) is 10.1. The van der Waals surface area contributed by atoms with E-state index in [2.05, 4.69) is 58.2 Å². The summed E-state index contributed by atoms with van der Waals surface area (Å²) < 4.78 is 2.11. The number of piperidine rings is 1. The molecule has 5 nitrogen and oxygen atoms in total. The number of hydrogen-bond acceptors (Lipinski definition) is 3. The van der Waals surface area contributed by atoms with Gasteiger partial charge < -0.3 is 9.72 Å². The number of nitrogens with one attached hydrogen (secondary N) is 1. The molecule has 1 N–H and O–H groups in total. The zero-order valence-electron chi connectivity index (χ0n) is 16.3.